The van der Waals surface area contributed by atoms with E-state index in [2.05, 4.69) is 36.0 Å². The number of hydrogen-bond acceptors (Lipinski definition) is 8. The summed E-state index contributed by atoms with van der Waals surface area (Å²) < 4.78 is 0. The third kappa shape index (κ3) is 3.38. The van der Waals surface area contributed by atoms with E-state index in [0.29, 0.717) is 29.5 Å². The number of H-pyrrole nitrogens is 1. The average Bonchev–Trinajstić information content (AvgIpc) is 3.11. The highest BCUT2D eigenvalue weighted by molar-refractivity contribution is 5.83. The van der Waals surface area contributed by atoms with Gasteiger partial charge in [0, 0.05) is 24.3 Å². The highest BCUT2D eigenvalue weighted by atomic mass is 15.4. The van der Waals surface area contributed by atoms with Gasteiger partial charge in [0.1, 0.15) is 0 Å². The molecule has 2 aromatic heterocycles. The molecule has 3 aromatic rings. The van der Waals surface area contributed by atoms with E-state index in [0.717, 1.165) is 30.5 Å². The normalized spacial score (nSPS) is 20.2. The zero-order chi connectivity index (χ0) is 17.9. The van der Waals surface area contributed by atoms with Gasteiger partial charge in [0.2, 0.25) is 11.6 Å². The van der Waals surface area contributed by atoms with Gasteiger partial charge < -0.3 is 22.1 Å². The van der Waals surface area contributed by atoms with Crippen molar-refractivity contribution in [3.05, 3.63) is 29.8 Å². The number of aromatic amines is 1. The number of rotatable bonds is 5. The number of nitrogen functional groups attached to an aromatic ring is 1. The first-order valence-electron chi connectivity index (χ1n) is 8.88. The molecule has 0 radical (unpaired) electrons. The summed E-state index contributed by atoms with van der Waals surface area (Å²) in [5.74, 6) is 1.12. The zero-order valence-corrected chi connectivity index (χ0v) is 14.4. The fourth-order valence-electron chi connectivity index (χ4n) is 3.31. The second kappa shape index (κ2) is 7.12. The van der Waals surface area contributed by atoms with Gasteiger partial charge in [-0.2, -0.15) is 20.3 Å². The molecular weight excluding hydrogens is 330 g/mol. The predicted octanol–water partition coefficient (Wildman–Crippen LogP) is 1.62. The van der Waals surface area contributed by atoms with E-state index < -0.39 is 0 Å². The minimum Gasteiger partial charge on any atom is -0.398 e. The van der Waals surface area contributed by atoms with Gasteiger partial charge in [0.05, 0.1) is 0 Å². The summed E-state index contributed by atoms with van der Waals surface area (Å²) in [5.41, 5.74) is 15.1. The summed E-state index contributed by atoms with van der Waals surface area (Å²) in [6.07, 6.45) is 4.37. The largest absolute Gasteiger partial charge is 0.398 e. The first-order chi connectivity index (χ1) is 12.7. The second-order valence-corrected chi connectivity index (χ2v) is 6.64. The van der Waals surface area contributed by atoms with Gasteiger partial charge in [0.15, 0.2) is 11.3 Å². The smallest absolute Gasteiger partial charge is 0.227 e. The van der Waals surface area contributed by atoms with E-state index in [1.807, 2.05) is 24.3 Å². The zero-order valence-electron chi connectivity index (χ0n) is 14.4. The first kappa shape index (κ1) is 16.5. The predicted molar refractivity (Wildman–Crippen MR) is 102 cm³/mol. The van der Waals surface area contributed by atoms with Gasteiger partial charge in [-0.1, -0.05) is 31.0 Å². The molecular formula is C17H23N9. The lowest BCUT2D eigenvalue weighted by Crippen LogP contribution is -2.43. The summed E-state index contributed by atoms with van der Waals surface area (Å²) in [4.78, 5) is 9.04. The van der Waals surface area contributed by atoms with Crippen molar-refractivity contribution < 1.29 is 0 Å². The monoisotopic (exact) mass is 353 g/mol. The van der Waals surface area contributed by atoms with E-state index in [-0.39, 0.29) is 12.1 Å². The lowest BCUT2D eigenvalue weighted by Gasteiger charge is -2.29. The number of para-hydroxylation sites is 1. The molecule has 0 spiro atoms. The number of nitrogens with zero attached hydrogens (tertiary/aromatic N) is 4. The Bertz CT molecular complexity index is 891. The molecule has 0 aliphatic heterocycles. The van der Waals surface area contributed by atoms with E-state index in [1.165, 1.54) is 6.42 Å². The third-order valence-electron chi connectivity index (χ3n) is 4.82. The molecule has 1 aliphatic rings. The highest BCUT2D eigenvalue weighted by Crippen LogP contribution is 2.23. The van der Waals surface area contributed by atoms with E-state index >= 15 is 0 Å². The van der Waals surface area contributed by atoms with Crippen LogP contribution in [0.1, 0.15) is 31.2 Å². The Balaban J connectivity index is 1.57. The van der Waals surface area contributed by atoms with Crippen LogP contribution in [0.5, 0.6) is 0 Å². The van der Waals surface area contributed by atoms with E-state index in [9.17, 15) is 0 Å². The fourth-order valence-corrected chi connectivity index (χ4v) is 3.31. The minimum atomic E-state index is 0.112. The Morgan fingerprint density at radius 2 is 1.96 bits per heavy atom. The topological polar surface area (TPSA) is 143 Å². The summed E-state index contributed by atoms with van der Waals surface area (Å²) in [7, 11) is 0. The number of aromatic nitrogens is 5. The molecule has 1 saturated carbocycles. The summed E-state index contributed by atoms with van der Waals surface area (Å²) in [6.45, 7) is 0.536. The molecule has 2 heterocycles. The van der Waals surface area contributed by atoms with Gasteiger partial charge in [-0.25, -0.2) is 0 Å². The van der Waals surface area contributed by atoms with Crippen molar-refractivity contribution >= 4 is 28.6 Å². The number of hydrogen-bond donors (Lipinski definition) is 5. The van der Waals surface area contributed by atoms with Crippen molar-refractivity contribution in [2.45, 2.75) is 44.3 Å². The van der Waals surface area contributed by atoms with Crippen LogP contribution in [0, 0.1) is 0 Å². The Hall–Kier alpha value is -2.94. The minimum absolute atomic E-state index is 0.112. The molecule has 9 nitrogen and oxygen atoms in total. The Morgan fingerprint density at radius 1 is 1.12 bits per heavy atom. The van der Waals surface area contributed by atoms with Crippen LogP contribution in [0.15, 0.2) is 24.3 Å². The molecule has 136 valence electrons. The number of benzene rings is 1. The Kier molecular flexibility index (Phi) is 4.53. The Labute approximate surface area is 151 Å². The molecule has 4 rings (SSSR count). The molecule has 1 fully saturated rings. The van der Waals surface area contributed by atoms with Crippen LogP contribution in [0.3, 0.4) is 0 Å². The molecule has 7 N–H and O–H groups in total. The van der Waals surface area contributed by atoms with Gasteiger partial charge in [-0.05, 0) is 24.5 Å². The maximum absolute atomic E-state index is 6.23. The third-order valence-corrected chi connectivity index (χ3v) is 4.82. The number of nitrogens with two attached hydrogens (primary N) is 2. The number of fused-ring (bicyclic) bond motifs is 1. The molecule has 1 aromatic carbocycles. The molecule has 2 unspecified atom stereocenters. The molecule has 2 atom stereocenters. The van der Waals surface area contributed by atoms with Crippen LogP contribution in [0.4, 0.5) is 17.5 Å². The van der Waals surface area contributed by atoms with Crippen molar-refractivity contribution in [2.24, 2.45) is 5.73 Å². The SMILES string of the molecule is Nc1ccccc1CNc1nc(NC2CCCCC2N)nc2n[nH]nc12. The second-order valence-electron chi connectivity index (χ2n) is 6.64. The first-order valence-corrected chi connectivity index (χ1v) is 8.88. The molecule has 0 saturated heterocycles. The molecule has 0 amide bonds. The number of anilines is 3. The lowest BCUT2D eigenvalue weighted by atomic mass is 9.91. The van der Waals surface area contributed by atoms with Crippen molar-refractivity contribution in [1.29, 1.82) is 0 Å². The van der Waals surface area contributed by atoms with Crippen LogP contribution >= 0.6 is 0 Å². The Morgan fingerprint density at radius 3 is 2.81 bits per heavy atom. The molecule has 1 aliphatic carbocycles. The maximum Gasteiger partial charge on any atom is 0.227 e. The summed E-state index contributed by atoms with van der Waals surface area (Å²) >= 11 is 0. The van der Waals surface area contributed by atoms with Gasteiger partial charge >= 0.3 is 0 Å². The van der Waals surface area contributed by atoms with Crippen LogP contribution in [-0.4, -0.2) is 37.5 Å². The van der Waals surface area contributed by atoms with Crippen molar-refractivity contribution in [1.82, 2.24) is 25.4 Å². The highest BCUT2D eigenvalue weighted by Gasteiger charge is 2.23. The van der Waals surface area contributed by atoms with Crippen molar-refractivity contribution in [3.63, 3.8) is 0 Å². The quantitative estimate of drug-likeness (QED) is 0.435. The standard InChI is InChI=1S/C17H23N9/c18-11-6-2-1-5-10(11)9-20-15-14-16(25-26-24-14)23-17(22-15)21-13-8-4-3-7-12(13)19/h1-2,5-6,12-13H,3-4,7-9,18-19H2,(H3,20,21,22,23,24,25,26). The summed E-state index contributed by atoms with van der Waals surface area (Å²) in [5, 5.41) is 17.5. The molecule has 26 heavy (non-hydrogen) atoms. The lowest BCUT2D eigenvalue weighted by molar-refractivity contribution is 0.402. The van der Waals surface area contributed by atoms with Gasteiger partial charge in [-0.3, -0.25) is 0 Å². The van der Waals surface area contributed by atoms with Crippen molar-refractivity contribution in [3.8, 4) is 0 Å². The average molecular weight is 353 g/mol. The van der Waals surface area contributed by atoms with E-state index in [4.69, 9.17) is 11.5 Å². The summed E-state index contributed by atoms with van der Waals surface area (Å²) in [6, 6.07) is 8.00. The maximum atomic E-state index is 6.23. The van der Waals surface area contributed by atoms with Gasteiger partial charge in [0.25, 0.3) is 0 Å². The van der Waals surface area contributed by atoms with Crippen LogP contribution in [0.25, 0.3) is 11.2 Å². The molecule has 0 bridgehead atoms. The fraction of sp³-hybridized carbons (Fsp3) is 0.412. The van der Waals surface area contributed by atoms with E-state index in [1.54, 1.807) is 0 Å². The van der Waals surface area contributed by atoms with Gasteiger partial charge in [-0.15, -0.1) is 5.10 Å². The van der Waals surface area contributed by atoms with Crippen molar-refractivity contribution in [2.75, 3.05) is 16.4 Å². The van der Waals surface area contributed by atoms with Crippen LogP contribution < -0.4 is 22.1 Å². The number of nitrogens with one attached hydrogen (secondary N) is 3. The van der Waals surface area contributed by atoms with Crippen LogP contribution in [-0.2, 0) is 6.54 Å². The molecule has 9 heteroatoms. The van der Waals surface area contributed by atoms with Crippen LogP contribution in [0.2, 0.25) is 0 Å².